The van der Waals surface area contributed by atoms with Crippen LogP contribution in [0.2, 0.25) is 0 Å². The molecule has 0 aromatic rings. The smallest absolute Gasteiger partial charge is 0.215 e. The molecule has 0 aromatic carbocycles. The molecule has 0 aliphatic heterocycles. The zero-order valence-electron chi connectivity index (χ0n) is 11.9. The van der Waals surface area contributed by atoms with E-state index in [0.717, 1.165) is 0 Å². The van der Waals surface area contributed by atoms with Gasteiger partial charge in [-0.25, -0.2) is 13.1 Å². The Balaban J connectivity index is 4.20. The summed E-state index contributed by atoms with van der Waals surface area (Å²) in [4.78, 5) is 0. The number of methoxy groups -OCH3 is 2. The van der Waals surface area contributed by atoms with Gasteiger partial charge in [0.2, 0.25) is 10.0 Å². The van der Waals surface area contributed by atoms with Gasteiger partial charge in [0.15, 0.2) is 0 Å². The second-order valence-corrected chi connectivity index (χ2v) is 6.76. The Bertz CT molecular complexity index is 306. The number of sulfonamides is 1. The molecule has 2 atom stereocenters. The van der Waals surface area contributed by atoms with Gasteiger partial charge in [0, 0.05) is 33.4 Å². The third-order valence-corrected chi connectivity index (χ3v) is 4.34. The molecule has 2 unspecified atom stereocenters. The first-order valence-corrected chi connectivity index (χ1v) is 7.61. The van der Waals surface area contributed by atoms with E-state index in [0.29, 0.717) is 13.2 Å². The van der Waals surface area contributed by atoms with Gasteiger partial charge in [0.1, 0.15) is 0 Å². The minimum absolute atomic E-state index is 0.221. The first-order valence-electron chi connectivity index (χ1n) is 6.07. The van der Waals surface area contributed by atoms with E-state index in [9.17, 15) is 8.42 Å². The van der Waals surface area contributed by atoms with Crippen LogP contribution in [0.15, 0.2) is 0 Å². The lowest BCUT2D eigenvalue weighted by Gasteiger charge is -2.19. The van der Waals surface area contributed by atoms with E-state index in [1.54, 1.807) is 14.0 Å². The summed E-state index contributed by atoms with van der Waals surface area (Å²) in [6, 6.07) is 0.267. The van der Waals surface area contributed by atoms with Crippen molar-refractivity contribution < 1.29 is 17.9 Å². The molecule has 0 radical (unpaired) electrons. The largest absolute Gasteiger partial charge is 0.382 e. The Morgan fingerprint density at radius 1 is 1.11 bits per heavy atom. The van der Waals surface area contributed by atoms with Crippen molar-refractivity contribution in [3.05, 3.63) is 0 Å². The second kappa shape index (κ2) is 8.82. The maximum atomic E-state index is 11.9. The molecule has 18 heavy (non-hydrogen) atoms. The van der Waals surface area contributed by atoms with Crippen LogP contribution in [0.1, 0.15) is 20.8 Å². The molecule has 0 aromatic heterocycles. The van der Waals surface area contributed by atoms with Crippen molar-refractivity contribution in [2.45, 2.75) is 38.2 Å². The van der Waals surface area contributed by atoms with Crippen LogP contribution in [0.3, 0.4) is 0 Å². The molecule has 6 nitrogen and oxygen atoms in total. The summed E-state index contributed by atoms with van der Waals surface area (Å²) in [6.45, 7) is 6.64. The van der Waals surface area contributed by atoms with E-state index in [4.69, 9.17) is 9.47 Å². The molecule has 0 saturated carbocycles. The molecule has 0 rings (SSSR count). The highest BCUT2D eigenvalue weighted by atomic mass is 32.2. The average Bonchev–Trinajstić information content (AvgIpc) is 2.31. The van der Waals surface area contributed by atoms with Gasteiger partial charge in [-0.1, -0.05) is 13.8 Å². The first kappa shape index (κ1) is 17.8. The second-order valence-electron chi connectivity index (χ2n) is 4.58. The van der Waals surface area contributed by atoms with Crippen molar-refractivity contribution in [2.75, 3.05) is 33.9 Å². The molecule has 0 aliphatic carbocycles. The summed E-state index contributed by atoms with van der Waals surface area (Å²) in [5.74, 6) is 0. The van der Waals surface area contributed by atoms with Gasteiger partial charge in [-0.15, -0.1) is 0 Å². The Labute approximate surface area is 110 Å². The lowest BCUT2D eigenvalue weighted by atomic mass is 10.3. The Morgan fingerprint density at radius 3 is 2.17 bits per heavy atom. The van der Waals surface area contributed by atoms with Crippen molar-refractivity contribution in [3.63, 3.8) is 0 Å². The standard InChI is InChI=1S/C11H26N2O4S/c1-9(2)12-6-10(3)18(14,15)13-7-11(17-5)8-16-4/h9-13H,6-8H2,1-5H3. The van der Waals surface area contributed by atoms with E-state index in [1.807, 2.05) is 13.8 Å². The predicted octanol–water partition coefficient (Wildman–Crippen LogP) is -0.0463. The van der Waals surface area contributed by atoms with E-state index < -0.39 is 15.3 Å². The van der Waals surface area contributed by atoms with Gasteiger partial charge in [0.05, 0.1) is 18.0 Å². The lowest BCUT2D eigenvalue weighted by Crippen LogP contribution is -2.44. The zero-order chi connectivity index (χ0) is 14.2. The molecule has 0 saturated heterocycles. The highest BCUT2D eigenvalue weighted by Crippen LogP contribution is 1.99. The fourth-order valence-electron chi connectivity index (χ4n) is 1.26. The average molecular weight is 282 g/mol. The molecule has 0 heterocycles. The zero-order valence-corrected chi connectivity index (χ0v) is 12.7. The lowest BCUT2D eigenvalue weighted by molar-refractivity contribution is 0.0319. The van der Waals surface area contributed by atoms with Gasteiger partial charge < -0.3 is 14.8 Å². The predicted molar refractivity (Wildman–Crippen MR) is 72.2 cm³/mol. The van der Waals surface area contributed by atoms with Crippen molar-refractivity contribution in [3.8, 4) is 0 Å². The van der Waals surface area contributed by atoms with Crippen molar-refractivity contribution in [1.82, 2.24) is 10.0 Å². The van der Waals surface area contributed by atoms with Gasteiger partial charge in [0.25, 0.3) is 0 Å². The number of ether oxygens (including phenoxy) is 2. The molecular formula is C11H26N2O4S. The fourth-order valence-corrected chi connectivity index (χ4v) is 2.28. The van der Waals surface area contributed by atoms with E-state index in [-0.39, 0.29) is 18.7 Å². The van der Waals surface area contributed by atoms with Crippen LogP contribution < -0.4 is 10.0 Å². The quantitative estimate of drug-likeness (QED) is 0.588. The van der Waals surface area contributed by atoms with Crippen molar-refractivity contribution in [1.29, 1.82) is 0 Å². The maximum Gasteiger partial charge on any atom is 0.215 e. The van der Waals surface area contributed by atoms with E-state index in [2.05, 4.69) is 10.0 Å². The molecular weight excluding hydrogens is 256 g/mol. The molecule has 0 aliphatic rings. The van der Waals surface area contributed by atoms with Gasteiger partial charge >= 0.3 is 0 Å². The van der Waals surface area contributed by atoms with Crippen LogP contribution >= 0.6 is 0 Å². The summed E-state index contributed by atoms with van der Waals surface area (Å²) in [6.07, 6.45) is -0.268. The first-order chi connectivity index (χ1) is 8.33. The highest BCUT2D eigenvalue weighted by molar-refractivity contribution is 7.90. The van der Waals surface area contributed by atoms with Crippen molar-refractivity contribution >= 4 is 10.0 Å². The Morgan fingerprint density at radius 2 is 1.72 bits per heavy atom. The van der Waals surface area contributed by atoms with Crippen LogP contribution in [0, 0.1) is 0 Å². The van der Waals surface area contributed by atoms with E-state index >= 15 is 0 Å². The minimum atomic E-state index is -3.33. The fraction of sp³-hybridized carbons (Fsp3) is 1.00. The molecule has 110 valence electrons. The molecule has 0 spiro atoms. The van der Waals surface area contributed by atoms with Crippen LogP contribution in [-0.2, 0) is 19.5 Å². The van der Waals surface area contributed by atoms with E-state index in [1.165, 1.54) is 7.11 Å². The van der Waals surface area contributed by atoms with Gasteiger partial charge in [-0.05, 0) is 6.92 Å². The third-order valence-electron chi connectivity index (χ3n) is 2.54. The monoisotopic (exact) mass is 282 g/mol. The summed E-state index contributed by atoms with van der Waals surface area (Å²) in [7, 11) is -0.247. The van der Waals surface area contributed by atoms with Gasteiger partial charge in [-0.2, -0.15) is 0 Å². The molecule has 7 heteroatoms. The molecule has 0 amide bonds. The summed E-state index contributed by atoms with van der Waals surface area (Å²) in [5.41, 5.74) is 0. The number of rotatable bonds is 10. The van der Waals surface area contributed by atoms with Crippen LogP contribution in [0.25, 0.3) is 0 Å². The number of hydrogen-bond acceptors (Lipinski definition) is 5. The third kappa shape index (κ3) is 7.27. The maximum absolute atomic E-state index is 11.9. The van der Waals surface area contributed by atoms with Crippen molar-refractivity contribution in [2.24, 2.45) is 0 Å². The minimum Gasteiger partial charge on any atom is -0.382 e. The summed E-state index contributed by atoms with van der Waals surface area (Å²) < 4.78 is 36.4. The van der Waals surface area contributed by atoms with Gasteiger partial charge in [-0.3, -0.25) is 0 Å². The summed E-state index contributed by atoms with van der Waals surface area (Å²) >= 11 is 0. The SMILES string of the molecule is COCC(CNS(=O)(=O)C(C)CNC(C)C)OC. The number of hydrogen-bond donors (Lipinski definition) is 2. The normalized spacial score (nSPS) is 15.9. The summed E-state index contributed by atoms with van der Waals surface area (Å²) in [5, 5.41) is 2.62. The molecule has 0 fully saturated rings. The number of nitrogens with one attached hydrogen (secondary N) is 2. The molecule has 0 bridgehead atoms. The highest BCUT2D eigenvalue weighted by Gasteiger charge is 2.21. The Hall–Kier alpha value is -0.210. The topological polar surface area (TPSA) is 76.7 Å². The Kier molecular flexibility index (Phi) is 8.71. The molecule has 2 N–H and O–H groups in total. The van der Waals surface area contributed by atoms with Crippen LogP contribution in [0.5, 0.6) is 0 Å². The van der Waals surface area contributed by atoms with Crippen LogP contribution in [0.4, 0.5) is 0 Å². The van der Waals surface area contributed by atoms with Crippen LogP contribution in [-0.4, -0.2) is 59.7 Å².